The van der Waals surface area contributed by atoms with Gasteiger partial charge in [-0.1, -0.05) is 37.9 Å². The molecule has 0 fully saturated rings. The van der Waals surface area contributed by atoms with Crippen molar-refractivity contribution >= 4 is 54.4 Å². The Morgan fingerprint density at radius 2 is 1.90 bits per heavy atom. The number of carbonyl (C=O) groups excluding carboxylic acids is 1. The Bertz CT molecular complexity index is 778. The summed E-state index contributed by atoms with van der Waals surface area (Å²) in [5.74, 6) is -0.166. The van der Waals surface area contributed by atoms with E-state index in [2.05, 4.69) is 47.4 Å². The van der Waals surface area contributed by atoms with E-state index in [9.17, 15) is 4.79 Å². The first-order valence-electron chi connectivity index (χ1n) is 5.83. The second kappa shape index (κ2) is 5.38. The summed E-state index contributed by atoms with van der Waals surface area (Å²) in [7, 11) is 0. The molecule has 0 saturated heterocycles. The lowest BCUT2D eigenvalue weighted by Crippen LogP contribution is -2.12. The van der Waals surface area contributed by atoms with Crippen LogP contribution in [-0.4, -0.2) is 16.1 Å². The Balaban J connectivity index is 1.94. The zero-order valence-electron chi connectivity index (χ0n) is 10.2. The van der Waals surface area contributed by atoms with Gasteiger partial charge in [0.2, 0.25) is 0 Å². The van der Waals surface area contributed by atoms with Crippen molar-refractivity contribution in [3.8, 4) is 0 Å². The largest absolute Gasteiger partial charge is 0.321 e. The highest BCUT2D eigenvalue weighted by Crippen LogP contribution is 2.24. The molecule has 3 aromatic rings. The maximum Gasteiger partial charge on any atom is 0.255 e. The van der Waals surface area contributed by atoms with Crippen molar-refractivity contribution in [3.63, 3.8) is 0 Å². The zero-order valence-corrected chi connectivity index (χ0v) is 13.3. The van der Waals surface area contributed by atoms with Crippen molar-refractivity contribution in [1.29, 1.82) is 0 Å². The van der Waals surface area contributed by atoms with Gasteiger partial charge in [-0.2, -0.15) is 5.10 Å². The van der Waals surface area contributed by atoms with E-state index < -0.39 is 0 Å². The van der Waals surface area contributed by atoms with Crippen molar-refractivity contribution in [2.24, 2.45) is 0 Å². The standard InChI is InChI=1S/C14H9Br2N3O/c15-9-4-8(5-10(16)6-9)14(20)18-12-2-1-3-13-11(12)7-17-19-13/h1-7H,(H,17,19)(H,18,20). The van der Waals surface area contributed by atoms with Crippen molar-refractivity contribution < 1.29 is 4.79 Å². The molecule has 0 aliphatic heterocycles. The first-order valence-corrected chi connectivity index (χ1v) is 7.41. The molecule has 100 valence electrons. The average Bonchev–Trinajstić information content (AvgIpc) is 2.87. The molecule has 6 heteroatoms. The molecule has 1 amide bonds. The molecule has 0 unspecified atom stereocenters. The molecule has 0 radical (unpaired) electrons. The van der Waals surface area contributed by atoms with E-state index in [4.69, 9.17) is 0 Å². The van der Waals surface area contributed by atoms with Crippen LogP contribution in [0.5, 0.6) is 0 Å². The number of nitrogens with zero attached hydrogens (tertiary/aromatic N) is 1. The molecular formula is C14H9Br2N3O. The van der Waals surface area contributed by atoms with Gasteiger partial charge in [-0.3, -0.25) is 9.89 Å². The second-order valence-corrected chi connectivity index (χ2v) is 6.08. The number of nitrogens with one attached hydrogen (secondary N) is 2. The number of hydrogen-bond donors (Lipinski definition) is 2. The van der Waals surface area contributed by atoms with Crippen molar-refractivity contribution in [2.75, 3.05) is 5.32 Å². The van der Waals surface area contributed by atoms with Gasteiger partial charge >= 0.3 is 0 Å². The van der Waals surface area contributed by atoms with Crippen LogP contribution in [0, 0.1) is 0 Å². The van der Waals surface area contributed by atoms with Crippen LogP contribution in [0.4, 0.5) is 5.69 Å². The lowest BCUT2D eigenvalue weighted by atomic mass is 10.2. The highest BCUT2D eigenvalue weighted by atomic mass is 79.9. The molecule has 1 aromatic heterocycles. The first kappa shape index (κ1) is 13.3. The summed E-state index contributed by atoms with van der Waals surface area (Å²) in [5.41, 5.74) is 2.20. The lowest BCUT2D eigenvalue weighted by molar-refractivity contribution is 0.102. The van der Waals surface area contributed by atoms with E-state index in [0.717, 1.165) is 25.5 Å². The van der Waals surface area contributed by atoms with Gasteiger partial charge in [0.25, 0.3) is 5.91 Å². The Hall–Kier alpha value is -1.66. The minimum absolute atomic E-state index is 0.166. The fraction of sp³-hybridized carbons (Fsp3) is 0. The van der Waals surface area contributed by atoms with E-state index in [0.29, 0.717) is 5.56 Å². The van der Waals surface area contributed by atoms with Gasteiger partial charge < -0.3 is 5.32 Å². The maximum absolute atomic E-state index is 12.3. The summed E-state index contributed by atoms with van der Waals surface area (Å²) in [6.45, 7) is 0. The highest BCUT2D eigenvalue weighted by molar-refractivity contribution is 9.11. The lowest BCUT2D eigenvalue weighted by Gasteiger charge is -2.07. The fourth-order valence-electron chi connectivity index (χ4n) is 1.96. The summed E-state index contributed by atoms with van der Waals surface area (Å²) in [4.78, 5) is 12.3. The number of anilines is 1. The number of halogens is 2. The van der Waals surface area contributed by atoms with Crippen LogP contribution in [0.2, 0.25) is 0 Å². The summed E-state index contributed by atoms with van der Waals surface area (Å²) < 4.78 is 1.69. The second-order valence-electron chi connectivity index (χ2n) is 4.25. The molecule has 2 aromatic carbocycles. The monoisotopic (exact) mass is 393 g/mol. The summed E-state index contributed by atoms with van der Waals surface area (Å²) >= 11 is 6.75. The van der Waals surface area contributed by atoms with E-state index in [1.807, 2.05) is 24.3 Å². The third kappa shape index (κ3) is 2.62. The minimum Gasteiger partial charge on any atom is -0.321 e. The molecule has 0 spiro atoms. The van der Waals surface area contributed by atoms with E-state index in [1.165, 1.54) is 0 Å². The predicted octanol–water partition coefficient (Wildman–Crippen LogP) is 4.34. The van der Waals surface area contributed by atoms with Crippen LogP contribution in [-0.2, 0) is 0 Å². The van der Waals surface area contributed by atoms with Crippen molar-refractivity contribution in [1.82, 2.24) is 10.2 Å². The van der Waals surface area contributed by atoms with Gasteiger partial charge in [-0.15, -0.1) is 0 Å². The Morgan fingerprint density at radius 1 is 1.15 bits per heavy atom. The molecule has 0 bridgehead atoms. The number of aromatic nitrogens is 2. The van der Waals surface area contributed by atoms with E-state index in [1.54, 1.807) is 18.3 Å². The molecule has 4 nitrogen and oxygen atoms in total. The number of H-pyrrole nitrogens is 1. The molecule has 0 aliphatic carbocycles. The molecule has 2 N–H and O–H groups in total. The number of benzene rings is 2. The number of hydrogen-bond acceptors (Lipinski definition) is 2. The predicted molar refractivity (Wildman–Crippen MR) is 85.9 cm³/mol. The van der Waals surface area contributed by atoms with Gasteiger partial charge in [0, 0.05) is 19.9 Å². The quantitative estimate of drug-likeness (QED) is 0.679. The van der Waals surface area contributed by atoms with E-state index >= 15 is 0 Å². The molecule has 20 heavy (non-hydrogen) atoms. The van der Waals surface area contributed by atoms with Gasteiger partial charge in [-0.25, -0.2) is 0 Å². The fourth-order valence-corrected chi connectivity index (χ4v) is 3.25. The van der Waals surface area contributed by atoms with Gasteiger partial charge in [0.1, 0.15) is 0 Å². The first-order chi connectivity index (χ1) is 9.63. The van der Waals surface area contributed by atoms with Crippen LogP contribution in [0.3, 0.4) is 0 Å². The van der Waals surface area contributed by atoms with Crippen LogP contribution < -0.4 is 5.32 Å². The SMILES string of the molecule is O=C(Nc1cccc2[nH]ncc12)c1cc(Br)cc(Br)c1. The average molecular weight is 395 g/mol. The third-order valence-corrected chi connectivity index (χ3v) is 3.77. The van der Waals surface area contributed by atoms with Gasteiger partial charge in [0.15, 0.2) is 0 Å². The number of aromatic amines is 1. The highest BCUT2D eigenvalue weighted by Gasteiger charge is 2.10. The minimum atomic E-state index is -0.166. The Labute approximate surface area is 131 Å². The summed E-state index contributed by atoms with van der Waals surface area (Å²) in [6, 6.07) is 11.1. The van der Waals surface area contributed by atoms with Crippen LogP contribution in [0.25, 0.3) is 10.9 Å². The maximum atomic E-state index is 12.3. The summed E-state index contributed by atoms with van der Waals surface area (Å²) in [6.07, 6.45) is 1.70. The summed E-state index contributed by atoms with van der Waals surface area (Å²) in [5, 5.41) is 10.6. The number of amides is 1. The Morgan fingerprint density at radius 3 is 2.65 bits per heavy atom. The molecule has 1 heterocycles. The number of rotatable bonds is 2. The molecule has 3 rings (SSSR count). The zero-order chi connectivity index (χ0) is 14.1. The molecular weight excluding hydrogens is 386 g/mol. The normalized spacial score (nSPS) is 10.7. The van der Waals surface area contributed by atoms with Crippen LogP contribution in [0.1, 0.15) is 10.4 Å². The third-order valence-electron chi connectivity index (χ3n) is 2.86. The Kier molecular flexibility index (Phi) is 3.58. The van der Waals surface area contributed by atoms with Gasteiger partial charge in [0.05, 0.1) is 17.4 Å². The van der Waals surface area contributed by atoms with Crippen LogP contribution in [0.15, 0.2) is 51.5 Å². The van der Waals surface area contributed by atoms with Gasteiger partial charge in [-0.05, 0) is 30.3 Å². The number of carbonyl (C=O) groups is 1. The molecule has 0 aliphatic rings. The molecule has 0 saturated carbocycles. The van der Waals surface area contributed by atoms with Crippen molar-refractivity contribution in [3.05, 3.63) is 57.1 Å². The molecule has 0 atom stereocenters. The topological polar surface area (TPSA) is 57.8 Å². The smallest absolute Gasteiger partial charge is 0.255 e. The van der Waals surface area contributed by atoms with E-state index in [-0.39, 0.29) is 5.91 Å². The van der Waals surface area contributed by atoms with Crippen molar-refractivity contribution in [2.45, 2.75) is 0 Å². The number of fused-ring (bicyclic) bond motifs is 1. The van der Waals surface area contributed by atoms with Crippen LogP contribution >= 0.6 is 31.9 Å².